The SMILES string of the molecule is CCNC(=NCc1ccc(Cn2ccnc2)cc1)NC1CCN(C(=O)CC)C1.I. The van der Waals surface area contributed by atoms with Crippen molar-refractivity contribution in [3.63, 3.8) is 0 Å². The number of imidazole rings is 1. The molecular formula is C21H31IN6O. The number of aliphatic imine (C=N–C) groups is 1. The van der Waals surface area contributed by atoms with E-state index < -0.39 is 0 Å². The maximum absolute atomic E-state index is 11.9. The molecule has 8 heteroatoms. The standard InChI is InChI=1S/C21H30N6O.HI/c1-3-20(28)27-11-9-19(15-27)25-21(23-4-2)24-13-17-5-7-18(8-6-17)14-26-12-10-22-16-26;/h5-8,10,12,16,19H,3-4,9,11,13-15H2,1-2H3,(H2,23,24,25);1H. The highest BCUT2D eigenvalue weighted by molar-refractivity contribution is 14.0. The summed E-state index contributed by atoms with van der Waals surface area (Å²) in [6, 6.07) is 8.77. The van der Waals surface area contributed by atoms with Crippen LogP contribution in [-0.2, 0) is 17.9 Å². The van der Waals surface area contributed by atoms with Gasteiger partial charge in [0.1, 0.15) is 0 Å². The van der Waals surface area contributed by atoms with Crippen LogP contribution in [0.15, 0.2) is 48.0 Å². The van der Waals surface area contributed by atoms with E-state index >= 15 is 0 Å². The second kappa shape index (κ2) is 11.8. The third kappa shape index (κ3) is 7.02. The van der Waals surface area contributed by atoms with E-state index in [1.807, 2.05) is 24.3 Å². The molecular weight excluding hydrogens is 479 g/mol. The summed E-state index contributed by atoms with van der Waals surface area (Å²) in [5, 5.41) is 6.78. The molecule has 3 rings (SSSR count). The van der Waals surface area contributed by atoms with E-state index in [-0.39, 0.29) is 35.9 Å². The van der Waals surface area contributed by atoms with Gasteiger partial charge in [0, 0.05) is 51.0 Å². The van der Waals surface area contributed by atoms with Crippen molar-refractivity contribution >= 4 is 35.8 Å². The Balaban J connectivity index is 0.00000300. The highest BCUT2D eigenvalue weighted by Gasteiger charge is 2.25. The molecule has 0 spiro atoms. The maximum atomic E-state index is 11.9. The molecule has 1 unspecified atom stereocenters. The molecule has 0 bridgehead atoms. The van der Waals surface area contributed by atoms with Gasteiger partial charge in [-0.2, -0.15) is 0 Å². The molecule has 1 aromatic carbocycles. The summed E-state index contributed by atoms with van der Waals surface area (Å²) in [5.41, 5.74) is 2.41. The number of nitrogens with zero attached hydrogens (tertiary/aromatic N) is 4. The van der Waals surface area contributed by atoms with Gasteiger partial charge >= 0.3 is 0 Å². The number of amides is 1. The fourth-order valence-corrected chi connectivity index (χ4v) is 3.35. The topological polar surface area (TPSA) is 74.6 Å². The minimum absolute atomic E-state index is 0. The van der Waals surface area contributed by atoms with Crippen molar-refractivity contribution in [2.45, 2.75) is 45.8 Å². The first-order valence-electron chi connectivity index (χ1n) is 10.0. The van der Waals surface area contributed by atoms with Gasteiger partial charge in [-0.15, -0.1) is 24.0 Å². The van der Waals surface area contributed by atoms with E-state index in [0.29, 0.717) is 13.0 Å². The first-order chi connectivity index (χ1) is 13.7. The highest BCUT2D eigenvalue weighted by Crippen LogP contribution is 2.11. The number of likely N-dealkylation sites (tertiary alicyclic amines) is 1. The molecule has 158 valence electrons. The lowest BCUT2D eigenvalue weighted by Gasteiger charge is -2.18. The first-order valence-corrected chi connectivity index (χ1v) is 10.0. The van der Waals surface area contributed by atoms with Gasteiger partial charge in [-0.3, -0.25) is 4.79 Å². The van der Waals surface area contributed by atoms with Crippen molar-refractivity contribution in [3.05, 3.63) is 54.1 Å². The minimum Gasteiger partial charge on any atom is -0.357 e. The second-order valence-corrected chi connectivity index (χ2v) is 7.07. The molecule has 2 aromatic rings. The number of rotatable bonds is 7. The number of hydrogen-bond acceptors (Lipinski definition) is 3. The van der Waals surface area contributed by atoms with E-state index in [9.17, 15) is 4.79 Å². The predicted octanol–water partition coefficient (Wildman–Crippen LogP) is 2.62. The summed E-state index contributed by atoms with van der Waals surface area (Å²) in [6.45, 7) is 7.79. The number of carbonyl (C=O) groups excluding carboxylic acids is 1. The number of hydrogen-bond donors (Lipinski definition) is 2. The molecule has 2 N–H and O–H groups in total. The number of carbonyl (C=O) groups is 1. The van der Waals surface area contributed by atoms with Crippen LogP contribution in [-0.4, -0.2) is 52.0 Å². The number of guanidine groups is 1. The van der Waals surface area contributed by atoms with Crippen molar-refractivity contribution in [1.29, 1.82) is 0 Å². The molecule has 29 heavy (non-hydrogen) atoms. The van der Waals surface area contributed by atoms with Crippen LogP contribution in [0.3, 0.4) is 0 Å². The Morgan fingerprint density at radius 1 is 1.24 bits per heavy atom. The largest absolute Gasteiger partial charge is 0.357 e. The van der Waals surface area contributed by atoms with Crippen LogP contribution in [0, 0.1) is 0 Å². The number of benzene rings is 1. The third-order valence-corrected chi connectivity index (χ3v) is 4.90. The Morgan fingerprint density at radius 2 is 2.00 bits per heavy atom. The average molecular weight is 510 g/mol. The summed E-state index contributed by atoms with van der Waals surface area (Å²) < 4.78 is 2.05. The van der Waals surface area contributed by atoms with Gasteiger partial charge in [0.05, 0.1) is 12.9 Å². The van der Waals surface area contributed by atoms with Crippen molar-refractivity contribution in [2.75, 3.05) is 19.6 Å². The second-order valence-electron chi connectivity index (χ2n) is 7.07. The molecule has 1 amide bonds. The van der Waals surface area contributed by atoms with Crippen LogP contribution in [0.2, 0.25) is 0 Å². The van der Waals surface area contributed by atoms with Gasteiger partial charge < -0.3 is 20.1 Å². The van der Waals surface area contributed by atoms with Gasteiger partial charge in [-0.1, -0.05) is 31.2 Å². The van der Waals surface area contributed by atoms with E-state index in [0.717, 1.165) is 38.6 Å². The van der Waals surface area contributed by atoms with Crippen LogP contribution in [0.5, 0.6) is 0 Å². The summed E-state index contributed by atoms with van der Waals surface area (Å²) in [5.74, 6) is 1.03. The Hall–Kier alpha value is -2.10. The molecule has 1 atom stereocenters. The van der Waals surface area contributed by atoms with Crippen LogP contribution in [0.25, 0.3) is 0 Å². The van der Waals surface area contributed by atoms with Crippen molar-refractivity contribution in [3.8, 4) is 0 Å². The molecule has 7 nitrogen and oxygen atoms in total. The summed E-state index contributed by atoms with van der Waals surface area (Å²) >= 11 is 0. The normalized spacial score (nSPS) is 16.4. The lowest BCUT2D eigenvalue weighted by atomic mass is 10.1. The van der Waals surface area contributed by atoms with Gasteiger partial charge in [-0.25, -0.2) is 9.98 Å². The molecule has 1 aromatic heterocycles. The number of aromatic nitrogens is 2. The Labute approximate surface area is 190 Å². The third-order valence-electron chi connectivity index (χ3n) is 4.90. The van der Waals surface area contributed by atoms with Gasteiger partial charge in [0.25, 0.3) is 0 Å². The molecule has 1 fully saturated rings. The number of halogens is 1. The quantitative estimate of drug-likeness (QED) is 0.341. The lowest BCUT2D eigenvalue weighted by Crippen LogP contribution is -2.45. The van der Waals surface area contributed by atoms with Crippen LogP contribution < -0.4 is 10.6 Å². The molecule has 0 saturated carbocycles. The van der Waals surface area contributed by atoms with Crippen LogP contribution >= 0.6 is 24.0 Å². The predicted molar refractivity (Wildman–Crippen MR) is 126 cm³/mol. The Morgan fingerprint density at radius 3 is 2.66 bits per heavy atom. The van der Waals surface area contributed by atoms with Crippen LogP contribution in [0.1, 0.15) is 37.8 Å². The lowest BCUT2D eigenvalue weighted by molar-refractivity contribution is -0.129. The molecule has 0 radical (unpaired) electrons. The van der Waals surface area contributed by atoms with Gasteiger partial charge in [-0.05, 0) is 24.5 Å². The number of nitrogens with one attached hydrogen (secondary N) is 2. The zero-order valence-corrected chi connectivity index (χ0v) is 19.5. The van der Waals surface area contributed by atoms with Crippen molar-refractivity contribution in [1.82, 2.24) is 25.1 Å². The molecule has 1 aliphatic heterocycles. The zero-order chi connectivity index (χ0) is 19.8. The Kier molecular flexibility index (Phi) is 9.43. The smallest absolute Gasteiger partial charge is 0.222 e. The summed E-state index contributed by atoms with van der Waals surface area (Å²) in [7, 11) is 0. The van der Waals surface area contributed by atoms with E-state index in [4.69, 9.17) is 4.99 Å². The van der Waals surface area contributed by atoms with Gasteiger partial charge in [0.2, 0.25) is 5.91 Å². The summed E-state index contributed by atoms with van der Waals surface area (Å²) in [6.07, 6.45) is 7.10. The molecule has 0 aliphatic carbocycles. The minimum atomic E-state index is 0. The zero-order valence-electron chi connectivity index (χ0n) is 17.2. The molecule has 2 heterocycles. The fourth-order valence-electron chi connectivity index (χ4n) is 3.35. The summed E-state index contributed by atoms with van der Waals surface area (Å²) in [4.78, 5) is 22.6. The van der Waals surface area contributed by atoms with Crippen molar-refractivity contribution in [2.24, 2.45) is 4.99 Å². The van der Waals surface area contributed by atoms with E-state index in [1.54, 1.807) is 6.20 Å². The van der Waals surface area contributed by atoms with Crippen LogP contribution in [0.4, 0.5) is 0 Å². The highest BCUT2D eigenvalue weighted by atomic mass is 127. The van der Waals surface area contributed by atoms with E-state index in [2.05, 4.69) is 51.4 Å². The average Bonchev–Trinajstić information content (AvgIpc) is 3.39. The van der Waals surface area contributed by atoms with Gasteiger partial charge in [0.15, 0.2) is 5.96 Å². The fraction of sp³-hybridized carbons (Fsp3) is 0.476. The molecule has 1 saturated heterocycles. The first kappa shape index (κ1) is 23.2. The van der Waals surface area contributed by atoms with Crippen molar-refractivity contribution < 1.29 is 4.79 Å². The maximum Gasteiger partial charge on any atom is 0.222 e. The van der Waals surface area contributed by atoms with E-state index in [1.165, 1.54) is 11.1 Å². The Bertz CT molecular complexity index is 775. The molecule has 1 aliphatic rings. The monoisotopic (exact) mass is 510 g/mol.